The minimum absolute atomic E-state index is 0.0348. The lowest BCUT2D eigenvalue weighted by Crippen LogP contribution is -2.07. The average Bonchev–Trinajstić information content (AvgIpc) is 2.66. The van der Waals surface area contributed by atoms with Gasteiger partial charge in [-0.3, -0.25) is 0 Å². The fourth-order valence-electron chi connectivity index (χ4n) is 1.00. The Morgan fingerprint density at radius 2 is 2.44 bits per heavy atom. The minimum atomic E-state index is -0.606. The number of nitrogens with zero attached hydrogens (tertiary/aromatic N) is 1. The van der Waals surface area contributed by atoms with E-state index in [1.807, 2.05) is 17.7 Å². The van der Waals surface area contributed by atoms with Crippen molar-refractivity contribution >= 4 is 23.0 Å². The van der Waals surface area contributed by atoms with E-state index in [9.17, 15) is 4.79 Å². The minimum Gasteiger partial charge on any atom is -0.462 e. The molecule has 0 aromatic carbocycles. The molecule has 4 nitrogen and oxygen atoms in total. The Labute approximate surface area is 98.2 Å². The van der Waals surface area contributed by atoms with E-state index in [0.29, 0.717) is 0 Å². The summed E-state index contributed by atoms with van der Waals surface area (Å²) in [5, 5.41) is 15.6. The van der Waals surface area contributed by atoms with E-state index in [4.69, 9.17) is 10.00 Å². The molecule has 0 fully saturated rings. The van der Waals surface area contributed by atoms with E-state index in [2.05, 4.69) is 5.32 Å². The molecule has 0 aliphatic rings. The van der Waals surface area contributed by atoms with Gasteiger partial charge in [0.05, 0.1) is 12.3 Å². The van der Waals surface area contributed by atoms with E-state index in [1.54, 1.807) is 24.3 Å². The Morgan fingerprint density at radius 1 is 1.69 bits per heavy atom. The van der Waals surface area contributed by atoms with Crippen molar-refractivity contribution in [3.8, 4) is 6.07 Å². The molecule has 1 aromatic heterocycles. The molecule has 0 amide bonds. The molecule has 0 bridgehead atoms. The molecular weight excluding hydrogens is 224 g/mol. The first kappa shape index (κ1) is 12.3. The van der Waals surface area contributed by atoms with Gasteiger partial charge in [-0.15, -0.1) is 11.3 Å². The van der Waals surface area contributed by atoms with Crippen molar-refractivity contribution in [2.45, 2.75) is 13.8 Å². The summed E-state index contributed by atoms with van der Waals surface area (Å²) in [6.45, 7) is 3.90. The van der Waals surface area contributed by atoms with E-state index in [-0.39, 0.29) is 12.2 Å². The predicted octanol–water partition coefficient (Wildman–Crippen LogP) is 2.44. The van der Waals surface area contributed by atoms with Crippen LogP contribution in [0.1, 0.15) is 12.5 Å². The second-order valence-corrected chi connectivity index (χ2v) is 3.75. The largest absolute Gasteiger partial charge is 0.462 e. The fourth-order valence-corrected chi connectivity index (χ4v) is 1.79. The van der Waals surface area contributed by atoms with Crippen LogP contribution in [0.5, 0.6) is 0 Å². The maximum Gasteiger partial charge on any atom is 0.350 e. The first-order valence-corrected chi connectivity index (χ1v) is 5.70. The van der Waals surface area contributed by atoms with Gasteiger partial charge in [-0.05, 0) is 24.8 Å². The standard InChI is InChI=1S/C11H12N2O2S/c1-3-15-11(14)9(4-12)5-13-10-7-16-6-8(10)2/h5-7,13H,3H2,1-2H3/b9-5+. The van der Waals surface area contributed by atoms with E-state index in [1.165, 1.54) is 6.20 Å². The van der Waals surface area contributed by atoms with Crippen molar-refractivity contribution in [1.29, 1.82) is 5.26 Å². The van der Waals surface area contributed by atoms with Gasteiger partial charge in [0.2, 0.25) is 0 Å². The number of nitriles is 1. The summed E-state index contributed by atoms with van der Waals surface area (Å²) in [5.41, 5.74) is 1.93. The van der Waals surface area contributed by atoms with Gasteiger partial charge < -0.3 is 10.1 Å². The predicted molar refractivity (Wildman–Crippen MR) is 63.0 cm³/mol. The van der Waals surface area contributed by atoms with Crippen molar-refractivity contribution < 1.29 is 9.53 Å². The second kappa shape index (κ2) is 5.93. The van der Waals surface area contributed by atoms with E-state index >= 15 is 0 Å². The summed E-state index contributed by atoms with van der Waals surface area (Å²) >= 11 is 1.55. The zero-order chi connectivity index (χ0) is 12.0. The Hall–Kier alpha value is -1.80. The summed E-state index contributed by atoms with van der Waals surface area (Å²) in [5.74, 6) is -0.606. The molecule has 0 saturated carbocycles. The number of rotatable bonds is 4. The van der Waals surface area contributed by atoms with Crippen LogP contribution in [0.2, 0.25) is 0 Å². The number of ether oxygens (including phenoxy) is 1. The number of hydrogen-bond donors (Lipinski definition) is 1. The molecule has 84 valence electrons. The second-order valence-electron chi connectivity index (χ2n) is 3.00. The highest BCUT2D eigenvalue weighted by Crippen LogP contribution is 2.19. The Bertz CT molecular complexity index is 443. The topological polar surface area (TPSA) is 62.1 Å². The van der Waals surface area contributed by atoms with Crippen molar-refractivity contribution in [2.75, 3.05) is 11.9 Å². The third-order valence-corrected chi connectivity index (χ3v) is 2.70. The number of aryl methyl sites for hydroxylation is 1. The maximum atomic E-state index is 11.3. The van der Waals surface area contributed by atoms with Crippen molar-refractivity contribution in [2.24, 2.45) is 0 Å². The first-order valence-electron chi connectivity index (χ1n) is 4.75. The fraction of sp³-hybridized carbons (Fsp3) is 0.273. The number of anilines is 1. The highest BCUT2D eigenvalue weighted by atomic mass is 32.1. The average molecular weight is 236 g/mol. The lowest BCUT2D eigenvalue weighted by atomic mass is 10.3. The molecule has 1 aromatic rings. The molecule has 0 radical (unpaired) electrons. The smallest absolute Gasteiger partial charge is 0.350 e. The molecule has 16 heavy (non-hydrogen) atoms. The van der Waals surface area contributed by atoms with Gasteiger partial charge in [0, 0.05) is 11.6 Å². The third-order valence-electron chi connectivity index (χ3n) is 1.84. The first-order chi connectivity index (χ1) is 7.69. The normalized spacial score (nSPS) is 10.7. The van der Waals surface area contributed by atoms with Crippen molar-refractivity contribution in [1.82, 2.24) is 0 Å². The summed E-state index contributed by atoms with van der Waals surface area (Å²) in [6, 6.07) is 1.80. The van der Waals surface area contributed by atoms with Gasteiger partial charge in [0.25, 0.3) is 0 Å². The van der Waals surface area contributed by atoms with Gasteiger partial charge >= 0.3 is 5.97 Å². The molecule has 0 saturated heterocycles. The molecule has 0 unspecified atom stereocenters. The lowest BCUT2D eigenvalue weighted by molar-refractivity contribution is -0.138. The van der Waals surface area contributed by atoms with Crippen LogP contribution in [0.25, 0.3) is 0 Å². The molecule has 0 aliphatic carbocycles. The summed E-state index contributed by atoms with van der Waals surface area (Å²) in [6.07, 6.45) is 1.37. The Balaban J connectivity index is 2.72. The highest BCUT2D eigenvalue weighted by Gasteiger charge is 2.09. The van der Waals surface area contributed by atoms with Gasteiger partial charge in [-0.25, -0.2) is 4.79 Å². The number of hydrogen-bond acceptors (Lipinski definition) is 5. The number of nitrogens with one attached hydrogen (secondary N) is 1. The van der Waals surface area contributed by atoms with Crippen LogP contribution in [0, 0.1) is 18.3 Å². The number of esters is 1. The number of carbonyl (C=O) groups excluding carboxylic acids is 1. The molecule has 1 rings (SSSR count). The van der Waals surface area contributed by atoms with Crippen molar-refractivity contribution in [3.63, 3.8) is 0 Å². The molecule has 0 aliphatic heterocycles. The van der Waals surface area contributed by atoms with Crippen LogP contribution in [0.4, 0.5) is 5.69 Å². The van der Waals surface area contributed by atoms with Gasteiger partial charge in [-0.2, -0.15) is 5.26 Å². The number of carbonyl (C=O) groups is 1. The lowest BCUT2D eigenvalue weighted by Gasteiger charge is -2.01. The third kappa shape index (κ3) is 3.11. The van der Waals surface area contributed by atoms with Crippen LogP contribution in [0.3, 0.4) is 0 Å². The van der Waals surface area contributed by atoms with Gasteiger partial charge in [0.1, 0.15) is 6.07 Å². The molecule has 1 heterocycles. The Kier molecular flexibility index (Phi) is 4.55. The van der Waals surface area contributed by atoms with Crippen LogP contribution in [-0.4, -0.2) is 12.6 Å². The van der Waals surface area contributed by atoms with E-state index in [0.717, 1.165) is 11.3 Å². The van der Waals surface area contributed by atoms with Crippen molar-refractivity contribution in [3.05, 3.63) is 28.1 Å². The SMILES string of the molecule is CCOC(=O)/C(C#N)=C/Nc1cscc1C. The molecule has 0 spiro atoms. The molecule has 1 N–H and O–H groups in total. The summed E-state index contributed by atoms with van der Waals surface area (Å²) < 4.78 is 4.73. The van der Waals surface area contributed by atoms with Gasteiger partial charge in [0.15, 0.2) is 5.57 Å². The zero-order valence-electron chi connectivity index (χ0n) is 9.11. The summed E-state index contributed by atoms with van der Waals surface area (Å²) in [7, 11) is 0. The van der Waals surface area contributed by atoms with Crippen LogP contribution < -0.4 is 5.32 Å². The molecular formula is C11H12N2O2S. The maximum absolute atomic E-state index is 11.3. The number of thiophene rings is 1. The highest BCUT2D eigenvalue weighted by molar-refractivity contribution is 7.08. The van der Waals surface area contributed by atoms with Gasteiger partial charge in [-0.1, -0.05) is 0 Å². The van der Waals surface area contributed by atoms with Crippen LogP contribution in [-0.2, 0) is 9.53 Å². The Morgan fingerprint density at radius 3 is 2.94 bits per heavy atom. The molecule has 0 atom stereocenters. The van der Waals surface area contributed by atoms with Crippen LogP contribution >= 0.6 is 11.3 Å². The summed E-state index contributed by atoms with van der Waals surface area (Å²) in [4.78, 5) is 11.3. The monoisotopic (exact) mass is 236 g/mol. The zero-order valence-corrected chi connectivity index (χ0v) is 9.93. The quantitative estimate of drug-likeness (QED) is 0.495. The van der Waals surface area contributed by atoms with E-state index < -0.39 is 5.97 Å². The molecule has 5 heteroatoms. The van der Waals surface area contributed by atoms with Crippen LogP contribution in [0.15, 0.2) is 22.5 Å².